The van der Waals surface area contributed by atoms with Crippen molar-refractivity contribution in [2.45, 2.75) is 33.4 Å². The molecule has 0 aromatic carbocycles. The van der Waals surface area contributed by atoms with Gasteiger partial charge in [0.2, 0.25) is 0 Å². The molecule has 8 heteroatoms. The molecule has 4 rings (SSSR count). The number of aromatic amines is 1. The highest BCUT2D eigenvalue weighted by Crippen LogP contribution is 2.20. The van der Waals surface area contributed by atoms with Gasteiger partial charge in [-0.1, -0.05) is 0 Å². The minimum absolute atomic E-state index is 0.0152. The van der Waals surface area contributed by atoms with E-state index >= 15 is 0 Å². The number of rotatable bonds is 3. The highest BCUT2D eigenvalue weighted by Gasteiger charge is 2.18. The van der Waals surface area contributed by atoms with E-state index in [1.807, 2.05) is 20.0 Å². The number of nitrogens with one attached hydrogen (secondary N) is 3. The fourth-order valence-electron chi connectivity index (χ4n) is 3.38. The number of amides is 1. The van der Waals surface area contributed by atoms with Gasteiger partial charge in [0.25, 0.3) is 11.5 Å². The number of fused-ring (bicyclic) bond motifs is 2. The topological polar surface area (TPSA) is 104 Å². The summed E-state index contributed by atoms with van der Waals surface area (Å²) >= 11 is 0. The summed E-state index contributed by atoms with van der Waals surface area (Å²) in [7, 11) is 0. The number of hydrogen-bond acceptors (Lipinski definition) is 5. The zero-order valence-electron chi connectivity index (χ0n) is 14.7. The van der Waals surface area contributed by atoms with Crippen molar-refractivity contribution in [3.63, 3.8) is 0 Å². The number of hydrogen-bond donors (Lipinski definition) is 3. The SMILES string of the molecule is Cc1cc2ncc(C(=O)NCc3c(C)ncc4c3CCNC4)c(=O)n2[nH]1. The van der Waals surface area contributed by atoms with Crippen LogP contribution in [0.1, 0.15) is 38.4 Å². The van der Waals surface area contributed by atoms with Crippen LogP contribution in [-0.2, 0) is 19.5 Å². The van der Waals surface area contributed by atoms with Crippen LogP contribution in [0.5, 0.6) is 0 Å². The van der Waals surface area contributed by atoms with Gasteiger partial charge in [-0.15, -0.1) is 0 Å². The summed E-state index contributed by atoms with van der Waals surface area (Å²) in [5.41, 5.74) is 5.24. The van der Waals surface area contributed by atoms with Crippen LogP contribution >= 0.6 is 0 Å². The van der Waals surface area contributed by atoms with Crippen molar-refractivity contribution in [1.29, 1.82) is 0 Å². The Bertz CT molecular complexity index is 1070. The molecule has 134 valence electrons. The summed E-state index contributed by atoms with van der Waals surface area (Å²) in [5.74, 6) is -0.435. The Labute approximate surface area is 149 Å². The Morgan fingerprint density at radius 2 is 2.15 bits per heavy atom. The first-order chi connectivity index (χ1) is 12.5. The third-order valence-electron chi connectivity index (χ3n) is 4.76. The number of nitrogens with zero attached hydrogens (tertiary/aromatic N) is 3. The van der Waals surface area contributed by atoms with Crippen molar-refractivity contribution in [2.24, 2.45) is 0 Å². The van der Waals surface area contributed by atoms with Crippen LogP contribution in [0.25, 0.3) is 5.65 Å². The molecule has 0 atom stereocenters. The monoisotopic (exact) mass is 352 g/mol. The van der Waals surface area contributed by atoms with Gasteiger partial charge in [0.05, 0.1) is 0 Å². The summed E-state index contributed by atoms with van der Waals surface area (Å²) in [6.45, 7) is 5.81. The van der Waals surface area contributed by atoms with Crippen LogP contribution in [0.15, 0.2) is 23.3 Å². The Hall–Kier alpha value is -3.00. The highest BCUT2D eigenvalue weighted by molar-refractivity contribution is 5.93. The van der Waals surface area contributed by atoms with Crippen molar-refractivity contribution < 1.29 is 4.79 Å². The molecule has 0 saturated heterocycles. The molecule has 8 nitrogen and oxygen atoms in total. The van der Waals surface area contributed by atoms with E-state index in [-0.39, 0.29) is 5.56 Å². The minimum Gasteiger partial charge on any atom is -0.348 e. The van der Waals surface area contributed by atoms with Gasteiger partial charge < -0.3 is 10.6 Å². The van der Waals surface area contributed by atoms with Crippen molar-refractivity contribution in [1.82, 2.24) is 30.2 Å². The van der Waals surface area contributed by atoms with Crippen molar-refractivity contribution >= 4 is 11.6 Å². The van der Waals surface area contributed by atoms with Crippen LogP contribution in [0, 0.1) is 13.8 Å². The summed E-state index contributed by atoms with van der Waals surface area (Å²) in [6, 6.07) is 1.75. The molecular weight excluding hydrogens is 332 g/mol. The van der Waals surface area contributed by atoms with Gasteiger partial charge in [0, 0.05) is 42.9 Å². The molecule has 1 aliphatic heterocycles. The molecule has 0 aliphatic carbocycles. The molecule has 0 saturated carbocycles. The third-order valence-corrected chi connectivity index (χ3v) is 4.76. The largest absolute Gasteiger partial charge is 0.348 e. The van der Waals surface area contributed by atoms with E-state index < -0.39 is 11.5 Å². The molecule has 3 aromatic heterocycles. The number of carbonyl (C=O) groups is 1. The zero-order chi connectivity index (χ0) is 18.3. The molecule has 0 spiro atoms. The average Bonchev–Trinajstić information content (AvgIpc) is 3.02. The normalized spacial score (nSPS) is 13.6. The van der Waals surface area contributed by atoms with E-state index in [2.05, 4.69) is 25.7 Å². The first-order valence-corrected chi connectivity index (χ1v) is 8.57. The molecule has 1 amide bonds. The van der Waals surface area contributed by atoms with Gasteiger partial charge in [-0.25, -0.2) is 9.50 Å². The quantitative estimate of drug-likeness (QED) is 0.641. The predicted molar refractivity (Wildman–Crippen MR) is 96.1 cm³/mol. The van der Waals surface area contributed by atoms with Crippen LogP contribution in [0.3, 0.4) is 0 Å². The van der Waals surface area contributed by atoms with Gasteiger partial charge in [0.15, 0.2) is 5.65 Å². The second-order valence-electron chi connectivity index (χ2n) is 6.55. The molecular formula is C18H20N6O2. The van der Waals surface area contributed by atoms with E-state index in [1.54, 1.807) is 6.07 Å². The van der Waals surface area contributed by atoms with Crippen LogP contribution in [0.2, 0.25) is 0 Å². The summed E-state index contributed by atoms with van der Waals surface area (Å²) in [5, 5.41) is 9.06. The molecule has 0 unspecified atom stereocenters. The van der Waals surface area contributed by atoms with E-state index in [4.69, 9.17) is 0 Å². The lowest BCUT2D eigenvalue weighted by molar-refractivity contribution is 0.0948. The summed E-state index contributed by atoms with van der Waals surface area (Å²) in [6.07, 6.45) is 4.12. The molecule has 1 aliphatic rings. The fraction of sp³-hybridized carbons (Fsp3) is 0.333. The lowest BCUT2D eigenvalue weighted by Crippen LogP contribution is -2.33. The van der Waals surface area contributed by atoms with Gasteiger partial charge >= 0.3 is 0 Å². The Balaban J connectivity index is 1.60. The van der Waals surface area contributed by atoms with E-state index in [1.165, 1.54) is 16.3 Å². The summed E-state index contributed by atoms with van der Waals surface area (Å²) < 4.78 is 1.28. The zero-order valence-corrected chi connectivity index (χ0v) is 14.7. The minimum atomic E-state index is -0.435. The first-order valence-electron chi connectivity index (χ1n) is 8.57. The van der Waals surface area contributed by atoms with Crippen molar-refractivity contribution in [3.05, 3.63) is 62.5 Å². The van der Waals surface area contributed by atoms with Gasteiger partial charge in [0.1, 0.15) is 5.56 Å². The van der Waals surface area contributed by atoms with E-state index in [0.29, 0.717) is 12.2 Å². The van der Waals surface area contributed by atoms with Gasteiger partial charge in [-0.2, -0.15) is 0 Å². The van der Waals surface area contributed by atoms with Gasteiger partial charge in [-0.05, 0) is 43.5 Å². The Morgan fingerprint density at radius 3 is 3.00 bits per heavy atom. The Kier molecular flexibility index (Phi) is 4.04. The van der Waals surface area contributed by atoms with E-state index in [0.717, 1.165) is 42.0 Å². The first kappa shape index (κ1) is 16.5. The lowest BCUT2D eigenvalue weighted by Gasteiger charge is -2.21. The lowest BCUT2D eigenvalue weighted by atomic mass is 9.96. The molecule has 3 aromatic rings. The van der Waals surface area contributed by atoms with E-state index in [9.17, 15) is 9.59 Å². The molecule has 26 heavy (non-hydrogen) atoms. The van der Waals surface area contributed by atoms with Crippen LogP contribution < -0.4 is 16.2 Å². The van der Waals surface area contributed by atoms with Crippen LogP contribution in [0.4, 0.5) is 0 Å². The smallest absolute Gasteiger partial charge is 0.285 e. The maximum atomic E-state index is 12.6. The standard InChI is InChI=1S/C18H20N6O2/c1-10-5-16-21-9-15(18(26)24(16)23-10)17(25)22-8-14-11(2)20-7-12-6-19-4-3-13(12)14/h5,7,9,19,23H,3-4,6,8H2,1-2H3,(H,22,25). The van der Waals surface area contributed by atoms with Crippen LogP contribution in [-0.4, -0.2) is 32.0 Å². The molecule has 4 heterocycles. The second kappa shape index (κ2) is 6.38. The molecule has 0 bridgehead atoms. The number of H-pyrrole nitrogens is 1. The van der Waals surface area contributed by atoms with Gasteiger partial charge in [-0.3, -0.25) is 19.7 Å². The highest BCUT2D eigenvalue weighted by atomic mass is 16.2. The molecule has 3 N–H and O–H groups in total. The number of aromatic nitrogens is 4. The maximum absolute atomic E-state index is 12.6. The summed E-state index contributed by atoms with van der Waals surface area (Å²) in [4.78, 5) is 33.7. The maximum Gasteiger partial charge on any atom is 0.285 e. The van der Waals surface area contributed by atoms with Crippen molar-refractivity contribution in [3.8, 4) is 0 Å². The number of pyridine rings is 1. The number of carbonyl (C=O) groups excluding carboxylic acids is 1. The fourth-order valence-corrected chi connectivity index (χ4v) is 3.38. The third kappa shape index (κ3) is 2.78. The average molecular weight is 352 g/mol. The Morgan fingerprint density at radius 1 is 1.31 bits per heavy atom. The molecule has 0 radical (unpaired) electrons. The second-order valence-corrected chi connectivity index (χ2v) is 6.55. The number of aryl methyl sites for hydroxylation is 2. The van der Waals surface area contributed by atoms with Crippen molar-refractivity contribution in [2.75, 3.05) is 6.54 Å². The molecule has 0 fully saturated rings. The predicted octanol–water partition coefficient (Wildman–Crippen LogP) is 0.610.